The van der Waals surface area contributed by atoms with Gasteiger partial charge in [0.2, 0.25) is 0 Å². The van der Waals surface area contributed by atoms with Crippen molar-refractivity contribution in [2.45, 2.75) is 38.8 Å². The first kappa shape index (κ1) is 28.5. The largest absolute Gasteiger partial charge is 0.465 e. The predicted octanol–water partition coefficient (Wildman–Crippen LogP) is 2.68. The van der Waals surface area contributed by atoms with Crippen molar-refractivity contribution in [2.24, 2.45) is 0 Å². The fourth-order valence-corrected chi connectivity index (χ4v) is 5.29. The average Bonchev–Trinajstić information content (AvgIpc) is 3.39. The number of aromatic nitrogens is 2. The summed E-state index contributed by atoms with van der Waals surface area (Å²) in [5.41, 5.74) is -0.0157. The van der Waals surface area contributed by atoms with Crippen molar-refractivity contribution in [3.63, 3.8) is 0 Å². The van der Waals surface area contributed by atoms with Crippen molar-refractivity contribution in [3.8, 4) is 5.75 Å². The molecule has 13 heteroatoms. The number of rotatable bonds is 12. The first-order chi connectivity index (χ1) is 18.8. The number of ether oxygens (including phenoxy) is 3. The molecule has 2 N–H and O–H groups in total. The van der Waals surface area contributed by atoms with Crippen LogP contribution in [0.1, 0.15) is 24.3 Å². The van der Waals surface area contributed by atoms with E-state index in [0.717, 1.165) is 5.56 Å². The third-order valence-corrected chi connectivity index (χ3v) is 7.27. The van der Waals surface area contributed by atoms with E-state index >= 15 is 0 Å². The minimum Gasteiger partial charge on any atom is -0.465 e. The molecule has 0 amide bonds. The molecule has 3 aromatic rings. The normalized spacial score (nSPS) is 19.2. The lowest BCUT2D eigenvalue weighted by atomic mass is 10.1. The van der Waals surface area contributed by atoms with Crippen LogP contribution in [0.3, 0.4) is 0 Å². The molecule has 1 aromatic heterocycles. The molecular formula is C26H30N3O9P. The number of nitrogens with one attached hydrogen (secondary N) is 2. The van der Waals surface area contributed by atoms with E-state index in [1.807, 2.05) is 30.3 Å². The van der Waals surface area contributed by atoms with Crippen LogP contribution in [-0.4, -0.2) is 47.7 Å². The number of benzene rings is 2. The van der Waals surface area contributed by atoms with Crippen molar-refractivity contribution in [1.29, 1.82) is 0 Å². The Labute approximate surface area is 224 Å². The van der Waals surface area contributed by atoms with E-state index in [2.05, 4.69) is 10.1 Å². The third-order valence-electron chi connectivity index (χ3n) is 5.71. The highest BCUT2D eigenvalue weighted by molar-refractivity contribution is 7.52. The Hall–Kier alpha value is -3.54. The van der Waals surface area contributed by atoms with E-state index in [-0.39, 0.29) is 32.0 Å². The Morgan fingerprint density at radius 2 is 1.85 bits per heavy atom. The summed E-state index contributed by atoms with van der Waals surface area (Å²) in [5.74, 6) is -0.375. The monoisotopic (exact) mass is 559 g/mol. The zero-order valence-corrected chi connectivity index (χ0v) is 22.4. The number of hydrogen-bond acceptors (Lipinski definition) is 9. The van der Waals surface area contributed by atoms with Crippen LogP contribution in [0, 0.1) is 6.92 Å². The second-order valence-corrected chi connectivity index (χ2v) is 10.3. The summed E-state index contributed by atoms with van der Waals surface area (Å²) in [7, 11) is -4.21. The minimum absolute atomic E-state index is 0.0177. The molecule has 0 saturated carbocycles. The molecule has 0 aliphatic carbocycles. The van der Waals surface area contributed by atoms with E-state index in [4.69, 9.17) is 23.3 Å². The van der Waals surface area contributed by atoms with Crippen LogP contribution >= 0.6 is 7.75 Å². The fourth-order valence-electron chi connectivity index (χ4n) is 3.81. The highest BCUT2D eigenvalue weighted by Gasteiger charge is 2.37. The molecule has 0 spiro atoms. The summed E-state index contributed by atoms with van der Waals surface area (Å²) in [4.78, 5) is 38.9. The van der Waals surface area contributed by atoms with Gasteiger partial charge in [0.05, 0.1) is 13.2 Å². The van der Waals surface area contributed by atoms with Gasteiger partial charge in [-0.15, -0.1) is 0 Å². The molecule has 208 valence electrons. The quantitative estimate of drug-likeness (QED) is 0.251. The highest BCUT2D eigenvalue weighted by atomic mass is 31.2. The average molecular weight is 560 g/mol. The van der Waals surface area contributed by atoms with Crippen molar-refractivity contribution in [2.75, 3.05) is 19.8 Å². The maximum absolute atomic E-state index is 14.0. The van der Waals surface area contributed by atoms with Crippen LogP contribution in [0.5, 0.6) is 5.75 Å². The molecule has 12 nitrogen and oxygen atoms in total. The highest BCUT2D eigenvalue weighted by Crippen LogP contribution is 2.45. The van der Waals surface area contributed by atoms with Crippen LogP contribution in [-0.2, 0) is 34.5 Å². The number of aromatic amines is 1. The van der Waals surface area contributed by atoms with Gasteiger partial charge in [-0.2, -0.15) is 5.09 Å². The van der Waals surface area contributed by atoms with Gasteiger partial charge in [-0.3, -0.25) is 23.7 Å². The van der Waals surface area contributed by atoms with Gasteiger partial charge in [-0.05, 0) is 38.0 Å². The number of carbonyl (C=O) groups excluding carboxylic acids is 1. The topological polar surface area (TPSA) is 147 Å². The van der Waals surface area contributed by atoms with Crippen molar-refractivity contribution >= 4 is 13.7 Å². The van der Waals surface area contributed by atoms with Gasteiger partial charge in [0.1, 0.15) is 18.4 Å². The SMILES string of the molecule is CCOC(=O)C(Cc1ccccc1)NP(=O)(OC[C@@H]1OC[C@H](n2cc(C)c(=O)[nH]c2=O)O1)Oc1ccccc1. The van der Waals surface area contributed by atoms with Crippen LogP contribution in [0.25, 0.3) is 0 Å². The molecule has 2 unspecified atom stereocenters. The molecular weight excluding hydrogens is 529 g/mol. The second kappa shape index (κ2) is 13.0. The number of nitrogens with zero attached hydrogens (tertiary/aromatic N) is 1. The molecule has 0 bridgehead atoms. The van der Waals surface area contributed by atoms with Crippen LogP contribution < -0.4 is 20.9 Å². The molecule has 1 aliphatic rings. The summed E-state index contributed by atoms with van der Waals surface area (Å²) >= 11 is 0. The van der Waals surface area contributed by atoms with Crippen LogP contribution in [0.2, 0.25) is 0 Å². The van der Waals surface area contributed by atoms with Crippen molar-refractivity contribution < 1.29 is 32.6 Å². The molecule has 1 fully saturated rings. The van der Waals surface area contributed by atoms with Gasteiger partial charge in [-0.1, -0.05) is 48.5 Å². The molecule has 1 aliphatic heterocycles. The summed E-state index contributed by atoms with van der Waals surface area (Å²) in [6.07, 6.45) is -0.317. The molecule has 4 atom stereocenters. The van der Waals surface area contributed by atoms with E-state index in [1.165, 1.54) is 10.8 Å². The molecule has 0 radical (unpaired) electrons. The van der Waals surface area contributed by atoms with Gasteiger partial charge < -0.3 is 18.7 Å². The molecule has 4 rings (SSSR count). The lowest BCUT2D eigenvalue weighted by Crippen LogP contribution is -2.40. The first-order valence-corrected chi connectivity index (χ1v) is 13.9. The summed E-state index contributed by atoms with van der Waals surface area (Å²) in [6, 6.07) is 16.5. The molecule has 2 heterocycles. The van der Waals surface area contributed by atoms with E-state index in [0.29, 0.717) is 5.56 Å². The molecule has 2 aromatic carbocycles. The Balaban J connectivity index is 1.50. The lowest BCUT2D eigenvalue weighted by molar-refractivity contribution is -0.145. The third kappa shape index (κ3) is 7.75. The number of H-pyrrole nitrogens is 1. The van der Waals surface area contributed by atoms with Gasteiger partial charge in [0.15, 0.2) is 12.5 Å². The van der Waals surface area contributed by atoms with E-state index in [1.54, 1.807) is 44.2 Å². The number of aryl methyl sites for hydroxylation is 1. The maximum atomic E-state index is 14.0. The molecule has 1 saturated heterocycles. The zero-order chi connectivity index (χ0) is 27.8. The Morgan fingerprint density at radius 1 is 1.15 bits per heavy atom. The van der Waals surface area contributed by atoms with Crippen LogP contribution in [0.4, 0.5) is 0 Å². The fraction of sp³-hybridized carbons (Fsp3) is 0.346. The number of esters is 1. The number of hydrogen-bond donors (Lipinski definition) is 2. The smallest absolute Gasteiger partial charge is 0.459 e. The minimum atomic E-state index is -4.21. The number of carbonyl (C=O) groups is 1. The second-order valence-electron chi connectivity index (χ2n) is 8.65. The van der Waals surface area contributed by atoms with Crippen molar-refractivity contribution in [3.05, 3.63) is 98.8 Å². The Bertz CT molecular complexity index is 1410. The Morgan fingerprint density at radius 3 is 2.54 bits per heavy atom. The van der Waals surface area contributed by atoms with Crippen molar-refractivity contribution in [1.82, 2.24) is 14.6 Å². The summed E-state index contributed by atoms with van der Waals surface area (Å²) in [5, 5.41) is 2.73. The zero-order valence-electron chi connectivity index (χ0n) is 21.5. The standard InChI is InChI=1S/C26H30N3O9P/c1-3-34-25(31)21(14-19-10-6-4-7-11-19)28-39(33,38-20-12-8-5-9-13-20)36-17-23-35-16-22(37-23)29-15-18(2)24(30)27-26(29)32/h4-13,15,21-23H,3,14,16-17H2,1-2H3,(H,28,33)(H,27,30,32)/t21?,22-,23-,39?/m1/s1. The Kier molecular flexibility index (Phi) is 9.50. The van der Waals surface area contributed by atoms with E-state index < -0.39 is 43.5 Å². The van der Waals surface area contributed by atoms with E-state index in [9.17, 15) is 18.9 Å². The van der Waals surface area contributed by atoms with Gasteiger partial charge in [-0.25, -0.2) is 9.36 Å². The lowest BCUT2D eigenvalue weighted by Gasteiger charge is -2.25. The maximum Gasteiger partial charge on any atom is 0.459 e. The van der Waals surface area contributed by atoms with Crippen LogP contribution in [0.15, 0.2) is 76.4 Å². The van der Waals surface area contributed by atoms with Gasteiger partial charge in [0, 0.05) is 11.8 Å². The number of para-hydroxylation sites is 1. The predicted molar refractivity (Wildman–Crippen MR) is 140 cm³/mol. The first-order valence-electron chi connectivity index (χ1n) is 12.3. The summed E-state index contributed by atoms with van der Waals surface area (Å²) < 4.78 is 43.1. The van der Waals surface area contributed by atoms with Gasteiger partial charge >= 0.3 is 19.4 Å². The summed E-state index contributed by atoms with van der Waals surface area (Å²) in [6.45, 7) is 2.99. The van der Waals surface area contributed by atoms with Gasteiger partial charge in [0.25, 0.3) is 5.56 Å². The molecule has 39 heavy (non-hydrogen) atoms.